The molecule has 0 aromatic heterocycles. The second-order valence-corrected chi connectivity index (χ2v) is 41.5. The van der Waals surface area contributed by atoms with Crippen LogP contribution in [-0.4, -0.2) is 140 Å². The highest BCUT2D eigenvalue weighted by Gasteiger charge is 2.44. The predicted molar refractivity (Wildman–Crippen MR) is 404 cm³/mol. The van der Waals surface area contributed by atoms with Crippen molar-refractivity contribution in [2.45, 2.75) is 256 Å². The second kappa shape index (κ2) is 40.2. The van der Waals surface area contributed by atoms with Gasteiger partial charge in [-0.05, 0) is 158 Å². The number of carbonyl (C=O) groups excluding carboxylic acids is 5. The molecule has 0 radical (unpaired) electrons. The number of aldehydes is 1. The largest absolute Gasteiger partial charge is 0.507 e. The first kappa shape index (κ1) is 88.5. The van der Waals surface area contributed by atoms with Gasteiger partial charge in [0.25, 0.3) is 0 Å². The molecular formula is C81H120O16Si2. The van der Waals surface area contributed by atoms with Gasteiger partial charge in [-0.3, -0.25) is 4.79 Å². The van der Waals surface area contributed by atoms with Crippen LogP contribution in [0.5, 0.6) is 5.75 Å². The van der Waals surface area contributed by atoms with Crippen LogP contribution in [0.2, 0.25) is 51.4 Å². The number of phenols is 1. The molecule has 0 amide bonds. The number of ether oxygens (including phenoxy) is 7. The van der Waals surface area contributed by atoms with Crippen LogP contribution in [0.3, 0.4) is 0 Å². The van der Waals surface area contributed by atoms with Crippen molar-refractivity contribution in [1.29, 1.82) is 0 Å². The van der Waals surface area contributed by atoms with E-state index in [-0.39, 0.29) is 61.1 Å². The number of benzene rings is 3. The minimum Gasteiger partial charge on any atom is -0.507 e. The molecule has 99 heavy (non-hydrogen) atoms. The van der Waals surface area contributed by atoms with Crippen molar-refractivity contribution in [3.05, 3.63) is 128 Å². The third-order valence-corrected chi connectivity index (χ3v) is 20.4. The molecule has 11 atom stereocenters. The van der Waals surface area contributed by atoms with E-state index in [2.05, 4.69) is 98.6 Å². The number of terminal acetylenes is 1. The molecule has 3 aromatic carbocycles. The fourth-order valence-electron chi connectivity index (χ4n) is 10.3. The Balaban J connectivity index is 0.000000484. The highest BCUT2D eigenvalue weighted by atomic mass is 28.3. The third kappa shape index (κ3) is 30.3. The quantitative estimate of drug-likeness (QED) is 0.0305. The lowest BCUT2D eigenvalue weighted by molar-refractivity contribution is -0.152. The van der Waals surface area contributed by atoms with E-state index in [4.69, 9.17) is 39.6 Å². The number of aromatic hydroxyl groups is 1. The minimum atomic E-state index is -1.53. The van der Waals surface area contributed by atoms with Crippen LogP contribution < -0.4 is 0 Å². The summed E-state index contributed by atoms with van der Waals surface area (Å²) in [5, 5.41) is 40.9. The maximum Gasteiger partial charge on any atom is 0.342 e. The normalized spacial score (nSPS) is 22.9. The first-order chi connectivity index (χ1) is 45.4. The smallest absolute Gasteiger partial charge is 0.342 e. The summed E-state index contributed by atoms with van der Waals surface area (Å²) in [6.07, 6.45) is 14.4. The molecular weight excluding hydrogens is 1290 g/mol. The zero-order chi connectivity index (χ0) is 74.4. The van der Waals surface area contributed by atoms with Crippen molar-refractivity contribution in [2.24, 2.45) is 29.6 Å². The van der Waals surface area contributed by atoms with E-state index in [1.807, 2.05) is 90.1 Å². The van der Waals surface area contributed by atoms with Crippen LogP contribution in [0, 0.1) is 88.4 Å². The van der Waals surface area contributed by atoms with Crippen molar-refractivity contribution in [1.82, 2.24) is 0 Å². The molecule has 0 spiro atoms. The predicted octanol–water partition coefficient (Wildman–Crippen LogP) is 16.0. The molecule has 0 bridgehead atoms. The Kier molecular flexibility index (Phi) is 35.9. The van der Waals surface area contributed by atoms with Gasteiger partial charge in [0.2, 0.25) is 0 Å². The molecule has 3 unspecified atom stereocenters. The molecule has 4 N–H and O–H groups in total. The molecule has 548 valence electrons. The molecule has 0 aliphatic carbocycles. The van der Waals surface area contributed by atoms with Crippen LogP contribution in [0.25, 0.3) is 18.2 Å². The highest BCUT2D eigenvalue weighted by Crippen LogP contribution is 2.34. The van der Waals surface area contributed by atoms with Gasteiger partial charge in [-0.15, -0.1) is 12.3 Å². The fourth-order valence-corrected chi connectivity index (χ4v) is 11.7. The summed E-state index contributed by atoms with van der Waals surface area (Å²) in [6, 6.07) is 13.0. The average Bonchev–Trinajstić information content (AvgIpc) is 1.80. The lowest BCUT2D eigenvalue weighted by atomic mass is 9.97. The Hall–Kier alpha value is -6.56. The van der Waals surface area contributed by atoms with Crippen LogP contribution in [0.15, 0.2) is 66.8 Å². The number of ketones is 1. The average molecular weight is 1410 g/mol. The molecule has 2 saturated heterocycles. The number of phenolic OH excluding ortho intramolecular Hbond substituents is 1. The van der Waals surface area contributed by atoms with E-state index in [0.29, 0.717) is 60.5 Å². The van der Waals surface area contributed by atoms with Crippen LogP contribution in [0.1, 0.15) is 185 Å². The Labute approximate surface area is 595 Å². The van der Waals surface area contributed by atoms with Crippen molar-refractivity contribution < 1.29 is 77.6 Å². The fraction of sp³-hybridized carbons (Fsp3) is 0.568. The summed E-state index contributed by atoms with van der Waals surface area (Å²) in [6.45, 7) is 47.5. The Morgan fingerprint density at radius 3 is 1.63 bits per heavy atom. The Morgan fingerprint density at radius 1 is 0.687 bits per heavy atom. The van der Waals surface area contributed by atoms with Gasteiger partial charge in [-0.1, -0.05) is 191 Å². The minimum absolute atomic E-state index is 0. The number of hydrogen-bond acceptors (Lipinski definition) is 16. The number of aryl methyl sites for hydroxylation is 5. The molecule has 16 nitrogen and oxygen atoms in total. The maximum absolute atomic E-state index is 13.0. The highest BCUT2D eigenvalue weighted by molar-refractivity contribution is 6.76. The van der Waals surface area contributed by atoms with Gasteiger partial charge in [-0.25, -0.2) is 14.4 Å². The Morgan fingerprint density at radius 2 is 1.16 bits per heavy atom. The van der Waals surface area contributed by atoms with E-state index >= 15 is 0 Å². The van der Waals surface area contributed by atoms with E-state index in [9.17, 15) is 44.4 Å². The van der Waals surface area contributed by atoms with Gasteiger partial charge in [0.1, 0.15) is 41.8 Å². The van der Waals surface area contributed by atoms with Crippen molar-refractivity contribution in [2.75, 3.05) is 13.2 Å². The second-order valence-electron chi connectivity index (χ2n) is 30.3. The summed E-state index contributed by atoms with van der Waals surface area (Å²) >= 11 is 0. The summed E-state index contributed by atoms with van der Waals surface area (Å²) in [5.74, 6) is 6.52. The van der Waals surface area contributed by atoms with E-state index in [1.165, 1.54) is 24.3 Å². The molecule has 3 aliphatic rings. The van der Waals surface area contributed by atoms with E-state index in [1.54, 1.807) is 46.8 Å². The van der Waals surface area contributed by atoms with Gasteiger partial charge < -0.3 is 58.4 Å². The van der Waals surface area contributed by atoms with Crippen molar-refractivity contribution >= 4 is 64.4 Å². The topological polar surface area (TPSA) is 231 Å². The number of esters is 3. The standard InChI is InChI=1S/C30H46O5Si.C23H34O5Si.C20H24O6.C7H12.CH4/c1-20(2)22(4)14-15-25(31)28-26(34-30(6,7)35-28)13-11-12-24-19-21(3)18-23(5)27(24)29(32)33-16-17-36(8,9)10;1-16-13-17(2)21(22(25)26-11-12-29(5,6)7)18(14-16)9-8-10-19-20(15-24)28-23(3,4)27-19;1-11-9-14-5-4-6-15(21)19(24)16(22)8-7-12(2)13(3)26-20(25)18(14)17(23)10-11;1-5-7(4)6(2)3;/h11-12,18-20,22,25-26,28,31H,13,16-17H2,1-10H3;8-9,13-15,19-20H,10-12H2,1-7H3;4-5,7-10,12-13,15,19,21,23-24H,6H2,1-3H3;1,6-7H,2-4H3;1H4/b12-11+;9-8+;5-4+,8-7-;;/t22-,25?,26-,28+;19-,20+;12-,13+,15?,19?;7-;/m0011./s1. The number of fused-ring (bicyclic) bond motifs is 1. The number of rotatable bonds is 18. The molecule has 3 heterocycles. The molecule has 0 saturated carbocycles. The number of aliphatic hydroxyl groups is 3. The molecule has 2 fully saturated rings. The lowest BCUT2D eigenvalue weighted by Gasteiger charge is -2.20. The summed E-state index contributed by atoms with van der Waals surface area (Å²) < 4.78 is 40.2. The molecule has 3 aromatic rings. The summed E-state index contributed by atoms with van der Waals surface area (Å²) in [5.41, 5.74) is 8.02. The van der Waals surface area contributed by atoms with Gasteiger partial charge in [0.15, 0.2) is 23.6 Å². The SMILES string of the molecule is C.C#C[C@@H](C)C(C)C.Cc1cc(C)c(C(=O)OCC[Si](C)(C)C)c(/C=C/C[C@@H]2OC(C)(C)O[C@@H]2C(O)C#C[C@H](C)C(C)C)c1.Cc1cc(C)c(C(=O)OCC[Si](C)(C)C)c(/C=C/C[C@@H]2OC(C)(C)O[C@@H]2C=O)c1.Cc1cc(O)c2c(c1)/C=C/CC(O)C(O)C(=O)/C=C\[C@@H](C)[C@H](C)OC2=O. The monoisotopic (exact) mass is 1400 g/mol. The van der Waals surface area contributed by atoms with Crippen LogP contribution >= 0.6 is 0 Å². The van der Waals surface area contributed by atoms with Crippen molar-refractivity contribution in [3.63, 3.8) is 0 Å². The van der Waals surface area contributed by atoms with Gasteiger partial charge in [-0.2, -0.15) is 0 Å². The van der Waals surface area contributed by atoms with Gasteiger partial charge in [0, 0.05) is 33.9 Å². The number of aliphatic hydroxyl groups excluding tert-OH is 3. The summed E-state index contributed by atoms with van der Waals surface area (Å²) in [7, 11) is -2.56. The lowest BCUT2D eigenvalue weighted by Crippen LogP contribution is -2.34. The van der Waals surface area contributed by atoms with Crippen molar-refractivity contribution in [3.8, 4) is 29.9 Å². The Bertz CT molecular complexity index is 3390. The maximum atomic E-state index is 13.0. The zero-order valence-electron chi connectivity index (χ0n) is 62.9. The molecule has 6 rings (SSSR count). The van der Waals surface area contributed by atoms with Gasteiger partial charge in [0.05, 0.1) is 42.7 Å². The molecule has 18 heteroatoms. The number of cyclic esters (lactones) is 1. The summed E-state index contributed by atoms with van der Waals surface area (Å²) in [4.78, 5) is 61.5. The van der Waals surface area contributed by atoms with E-state index in [0.717, 1.165) is 57.3 Å². The van der Waals surface area contributed by atoms with Crippen LogP contribution in [-0.2, 0) is 42.7 Å². The molecule has 3 aliphatic heterocycles. The number of carbonyl (C=O) groups is 5. The van der Waals surface area contributed by atoms with Gasteiger partial charge >= 0.3 is 17.9 Å². The first-order valence-electron chi connectivity index (χ1n) is 34.4. The number of hydrogen-bond donors (Lipinski definition) is 4. The first-order valence-corrected chi connectivity index (χ1v) is 41.8. The zero-order valence-corrected chi connectivity index (χ0v) is 64.9. The van der Waals surface area contributed by atoms with Crippen LogP contribution in [0.4, 0.5) is 0 Å². The third-order valence-electron chi connectivity index (χ3n) is 17.0. The van der Waals surface area contributed by atoms with E-state index < -0.39 is 76.1 Å².